The molecule has 3 N–H and O–H groups in total. The number of primary amides is 1. The molecule has 0 saturated carbocycles. The van der Waals surface area contributed by atoms with Crippen molar-refractivity contribution in [2.24, 2.45) is 11.7 Å². The zero-order valence-electron chi connectivity index (χ0n) is 13.9. The van der Waals surface area contributed by atoms with Crippen molar-refractivity contribution >= 4 is 11.8 Å². The van der Waals surface area contributed by atoms with Crippen LogP contribution in [0, 0.1) is 5.92 Å². The first-order chi connectivity index (χ1) is 11.6. The van der Waals surface area contributed by atoms with Crippen LogP contribution >= 0.6 is 0 Å². The number of hydrogen-bond acceptors (Lipinski definition) is 2. The zero-order chi connectivity index (χ0) is 17.4. The van der Waals surface area contributed by atoms with Crippen molar-refractivity contribution in [3.8, 4) is 0 Å². The predicted octanol–water partition coefficient (Wildman–Crippen LogP) is 2.84. The number of carbonyl (C=O) groups is 2. The van der Waals surface area contributed by atoms with E-state index < -0.39 is 0 Å². The molecule has 0 aliphatic heterocycles. The molecule has 0 heterocycles. The van der Waals surface area contributed by atoms with Gasteiger partial charge in [0.2, 0.25) is 11.8 Å². The quantitative estimate of drug-likeness (QED) is 0.784. The molecule has 0 saturated heterocycles. The second kappa shape index (κ2) is 8.87. The van der Waals surface area contributed by atoms with Crippen LogP contribution in [-0.2, 0) is 9.59 Å². The molecule has 2 aromatic carbocycles. The Labute approximate surface area is 143 Å². The molecule has 2 amide bonds. The van der Waals surface area contributed by atoms with Crippen molar-refractivity contribution in [2.45, 2.75) is 25.7 Å². The highest BCUT2D eigenvalue weighted by Gasteiger charge is 2.16. The van der Waals surface area contributed by atoms with Crippen LogP contribution in [0.2, 0.25) is 0 Å². The van der Waals surface area contributed by atoms with Gasteiger partial charge in [0.25, 0.3) is 0 Å². The molecule has 0 aromatic heterocycles. The number of amides is 2. The summed E-state index contributed by atoms with van der Waals surface area (Å²) >= 11 is 0. The highest BCUT2D eigenvalue weighted by Crippen LogP contribution is 2.23. The lowest BCUT2D eigenvalue weighted by atomic mass is 9.91. The van der Waals surface area contributed by atoms with Gasteiger partial charge in [0.15, 0.2) is 0 Å². The van der Waals surface area contributed by atoms with Gasteiger partial charge in [-0.2, -0.15) is 0 Å². The average Bonchev–Trinajstić information content (AvgIpc) is 2.61. The summed E-state index contributed by atoms with van der Waals surface area (Å²) in [7, 11) is 0. The largest absolute Gasteiger partial charge is 0.369 e. The van der Waals surface area contributed by atoms with Gasteiger partial charge >= 0.3 is 0 Å². The number of nitrogens with one attached hydrogen (secondary N) is 1. The maximum absolute atomic E-state index is 12.1. The molecule has 1 unspecified atom stereocenters. The third-order valence-corrected chi connectivity index (χ3v) is 4.20. The van der Waals surface area contributed by atoms with Crippen LogP contribution in [0.5, 0.6) is 0 Å². The van der Waals surface area contributed by atoms with E-state index in [0.29, 0.717) is 19.4 Å². The van der Waals surface area contributed by atoms with Crippen molar-refractivity contribution in [3.05, 3.63) is 71.8 Å². The first-order valence-electron chi connectivity index (χ1n) is 8.24. The van der Waals surface area contributed by atoms with Gasteiger partial charge in [0.05, 0.1) is 0 Å². The number of carbonyl (C=O) groups excluding carboxylic acids is 2. The van der Waals surface area contributed by atoms with Crippen LogP contribution in [0.4, 0.5) is 0 Å². The topological polar surface area (TPSA) is 72.2 Å². The van der Waals surface area contributed by atoms with E-state index in [1.54, 1.807) is 6.92 Å². The fourth-order valence-corrected chi connectivity index (χ4v) is 2.59. The Morgan fingerprint density at radius 3 is 1.92 bits per heavy atom. The van der Waals surface area contributed by atoms with Crippen molar-refractivity contribution in [3.63, 3.8) is 0 Å². The lowest BCUT2D eigenvalue weighted by Gasteiger charge is -2.19. The lowest BCUT2D eigenvalue weighted by molar-refractivity contribution is -0.123. The van der Waals surface area contributed by atoms with Crippen LogP contribution in [0.1, 0.15) is 36.8 Å². The van der Waals surface area contributed by atoms with E-state index >= 15 is 0 Å². The second-order valence-corrected chi connectivity index (χ2v) is 6.02. The van der Waals surface area contributed by atoms with Crippen LogP contribution in [-0.4, -0.2) is 18.4 Å². The van der Waals surface area contributed by atoms with Gasteiger partial charge in [-0.3, -0.25) is 9.59 Å². The van der Waals surface area contributed by atoms with E-state index in [1.165, 1.54) is 0 Å². The molecule has 4 heteroatoms. The predicted molar refractivity (Wildman–Crippen MR) is 95.3 cm³/mol. The van der Waals surface area contributed by atoms with Crippen LogP contribution in [0.25, 0.3) is 0 Å². The van der Waals surface area contributed by atoms with Gasteiger partial charge in [-0.15, -0.1) is 0 Å². The molecule has 2 rings (SSSR count). The zero-order valence-corrected chi connectivity index (χ0v) is 13.9. The third kappa shape index (κ3) is 5.23. The highest BCUT2D eigenvalue weighted by atomic mass is 16.2. The summed E-state index contributed by atoms with van der Waals surface area (Å²) in [4.78, 5) is 23.1. The average molecular weight is 324 g/mol. The molecule has 0 aliphatic carbocycles. The Bertz CT molecular complexity index is 616. The summed E-state index contributed by atoms with van der Waals surface area (Å²) in [5.74, 6) is -0.603. The molecule has 0 bridgehead atoms. The van der Waals surface area contributed by atoms with Crippen molar-refractivity contribution < 1.29 is 9.59 Å². The molecule has 24 heavy (non-hydrogen) atoms. The van der Waals surface area contributed by atoms with Gasteiger partial charge in [0, 0.05) is 24.8 Å². The third-order valence-electron chi connectivity index (χ3n) is 4.20. The second-order valence-electron chi connectivity index (χ2n) is 6.02. The summed E-state index contributed by atoms with van der Waals surface area (Å²) in [6, 6.07) is 20.2. The molecule has 0 fully saturated rings. The summed E-state index contributed by atoms with van der Waals surface area (Å²) in [6.45, 7) is 2.27. The maximum atomic E-state index is 12.1. The van der Waals surface area contributed by atoms with Crippen LogP contribution in [0.15, 0.2) is 60.7 Å². The van der Waals surface area contributed by atoms with E-state index in [4.69, 9.17) is 5.73 Å². The molecule has 4 nitrogen and oxygen atoms in total. The number of benzene rings is 2. The molecular formula is C20H24N2O2. The summed E-state index contributed by atoms with van der Waals surface area (Å²) in [6.07, 6.45) is 0.781. The standard InChI is InChI=1S/C20H24N2O2/c1-15(20(21)24)12-13-19(23)22-14-18(16-8-4-2-5-9-16)17-10-6-3-7-11-17/h2-11,15,18H,12-14H2,1H3,(H2,21,24)(H,22,23). The van der Waals surface area contributed by atoms with E-state index in [9.17, 15) is 9.59 Å². The van der Waals surface area contributed by atoms with Gasteiger partial charge in [-0.05, 0) is 17.5 Å². The minimum Gasteiger partial charge on any atom is -0.369 e. The molecule has 2 aromatic rings. The number of nitrogens with two attached hydrogens (primary N) is 1. The monoisotopic (exact) mass is 324 g/mol. The number of hydrogen-bond donors (Lipinski definition) is 2. The first-order valence-corrected chi connectivity index (χ1v) is 8.24. The van der Waals surface area contributed by atoms with Crippen molar-refractivity contribution in [1.82, 2.24) is 5.32 Å². The molecule has 0 radical (unpaired) electrons. The summed E-state index contributed by atoms with van der Waals surface area (Å²) in [5.41, 5.74) is 7.55. The summed E-state index contributed by atoms with van der Waals surface area (Å²) in [5, 5.41) is 2.98. The van der Waals surface area contributed by atoms with E-state index in [1.807, 2.05) is 36.4 Å². The highest BCUT2D eigenvalue weighted by molar-refractivity contribution is 5.79. The van der Waals surface area contributed by atoms with Crippen molar-refractivity contribution in [1.29, 1.82) is 0 Å². The minimum atomic E-state index is -0.366. The van der Waals surface area contributed by atoms with E-state index in [-0.39, 0.29) is 23.7 Å². The van der Waals surface area contributed by atoms with E-state index in [2.05, 4.69) is 29.6 Å². The molecule has 0 spiro atoms. The molecular weight excluding hydrogens is 300 g/mol. The molecule has 126 valence electrons. The van der Waals surface area contributed by atoms with Gasteiger partial charge in [-0.1, -0.05) is 67.6 Å². The van der Waals surface area contributed by atoms with Crippen molar-refractivity contribution in [2.75, 3.05) is 6.54 Å². The Morgan fingerprint density at radius 2 is 1.46 bits per heavy atom. The van der Waals surface area contributed by atoms with Gasteiger partial charge in [-0.25, -0.2) is 0 Å². The molecule has 0 aliphatic rings. The normalized spacial score (nSPS) is 11.9. The lowest BCUT2D eigenvalue weighted by Crippen LogP contribution is -2.30. The smallest absolute Gasteiger partial charge is 0.220 e. The first kappa shape index (κ1) is 17.7. The molecule has 1 atom stereocenters. The van der Waals surface area contributed by atoms with Gasteiger partial charge < -0.3 is 11.1 Å². The maximum Gasteiger partial charge on any atom is 0.220 e. The number of rotatable bonds is 8. The SMILES string of the molecule is CC(CCC(=O)NCC(c1ccccc1)c1ccccc1)C(N)=O. The van der Waals surface area contributed by atoms with Crippen LogP contribution in [0.3, 0.4) is 0 Å². The van der Waals surface area contributed by atoms with Gasteiger partial charge in [0.1, 0.15) is 0 Å². The Balaban J connectivity index is 1.99. The Hall–Kier alpha value is -2.62. The fraction of sp³-hybridized carbons (Fsp3) is 0.300. The van der Waals surface area contributed by atoms with E-state index in [0.717, 1.165) is 11.1 Å². The minimum absolute atomic E-state index is 0.0556. The fourth-order valence-electron chi connectivity index (χ4n) is 2.59. The van der Waals surface area contributed by atoms with Crippen LogP contribution < -0.4 is 11.1 Å². The summed E-state index contributed by atoms with van der Waals surface area (Å²) < 4.78 is 0. The Morgan fingerprint density at radius 1 is 0.958 bits per heavy atom. The Kier molecular flexibility index (Phi) is 6.55.